The number of rotatable bonds is 3. The predicted octanol–water partition coefficient (Wildman–Crippen LogP) is 4.25. The van der Waals surface area contributed by atoms with Gasteiger partial charge < -0.3 is 10.3 Å². The number of hydrogen-bond donors (Lipinski definition) is 1. The topological polar surface area (TPSA) is 43.8 Å². The van der Waals surface area contributed by atoms with Gasteiger partial charge in [-0.15, -0.1) is 0 Å². The van der Waals surface area contributed by atoms with Gasteiger partial charge in [0.05, 0.1) is 11.2 Å². The summed E-state index contributed by atoms with van der Waals surface area (Å²) < 4.78 is 0.390. The van der Waals surface area contributed by atoms with E-state index in [1.54, 1.807) is 6.07 Å². The summed E-state index contributed by atoms with van der Waals surface area (Å²) in [4.78, 5) is 4.38. The Kier molecular flexibility index (Phi) is 3.95. The van der Waals surface area contributed by atoms with E-state index < -0.39 is 3.79 Å². The van der Waals surface area contributed by atoms with Gasteiger partial charge in [-0.25, -0.2) is 4.98 Å². The number of unbranched alkanes of at least 4 members (excludes halogenated alkanes) is 1. The number of benzene rings is 1. The minimum atomic E-state index is -1.54. The van der Waals surface area contributed by atoms with Crippen molar-refractivity contribution in [2.24, 2.45) is 0 Å². The molecule has 0 bridgehead atoms. The molecule has 2 aromatic rings. The highest BCUT2D eigenvalue weighted by Crippen LogP contribution is 2.39. The fraction of sp³-hybridized carbons (Fsp3) is 0.417. The first-order valence-corrected chi connectivity index (χ1v) is 6.90. The van der Waals surface area contributed by atoms with Gasteiger partial charge in [0.25, 0.3) is 0 Å². The van der Waals surface area contributed by atoms with Gasteiger partial charge in [0, 0.05) is 6.54 Å². The zero-order valence-electron chi connectivity index (χ0n) is 9.96. The average molecular weight is 307 g/mol. The van der Waals surface area contributed by atoms with E-state index in [0.717, 1.165) is 24.9 Å². The lowest BCUT2D eigenvalue weighted by atomic mass is 10.2. The molecule has 6 heteroatoms. The molecular weight excluding hydrogens is 293 g/mol. The Morgan fingerprint density at radius 3 is 2.67 bits per heavy atom. The molecule has 0 radical (unpaired) electrons. The molecule has 0 fully saturated rings. The van der Waals surface area contributed by atoms with E-state index >= 15 is 0 Å². The summed E-state index contributed by atoms with van der Waals surface area (Å²) in [6.07, 6.45) is 2.05. The monoisotopic (exact) mass is 305 g/mol. The van der Waals surface area contributed by atoms with Crippen LogP contribution >= 0.6 is 34.8 Å². The number of anilines is 1. The van der Waals surface area contributed by atoms with E-state index in [4.69, 9.17) is 40.5 Å². The largest absolute Gasteiger partial charge is 0.397 e. The van der Waals surface area contributed by atoms with Gasteiger partial charge in [0.15, 0.2) is 5.82 Å². The number of nitrogen functional groups attached to an aromatic ring is 1. The molecule has 18 heavy (non-hydrogen) atoms. The molecule has 0 amide bonds. The molecule has 1 aromatic heterocycles. The standard InChI is InChI=1S/C12H14Cl3N3/c1-2-3-7-18-9-6-4-5-8(16)10(9)17-11(18)12(13,14)15/h4-6H,2-3,7,16H2,1H3. The Labute approximate surface area is 121 Å². The van der Waals surface area contributed by atoms with Crippen LogP contribution in [0.4, 0.5) is 5.69 Å². The lowest BCUT2D eigenvalue weighted by molar-refractivity contribution is 0.621. The van der Waals surface area contributed by atoms with E-state index in [2.05, 4.69) is 11.9 Å². The Hall–Kier alpha value is -0.640. The highest BCUT2D eigenvalue weighted by molar-refractivity contribution is 6.66. The lowest BCUT2D eigenvalue weighted by Crippen LogP contribution is -2.12. The van der Waals surface area contributed by atoms with Gasteiger partial charge in [-0.05, 0) is 18.6 Å². The van der Waals surface area contributed by atoms with E-state index in [-0.39, 0.29) is 0 Å². The van der Waals surface area contributed by atoms with Gasteiger partial charge in [-0.2, -0.15) is 0 Å². The number of nitrogens with two attached hydrogens (primary N) is 1. The molecular formula is C12H14Cl3N3. The summed E-state index contributed by atoms with van der Waals surface area (Å²) in [5.74, 6) is 0.425. The number of alkyl halides is 3. The number of halogens is 3. The molecule has 2 rings (SSSR count). The molecule has 1 aromatic carbocycles. The maximum Gasteiger partial charge on any atom is 0.248 e. The van der Waals surface area contributed by atoms with Crippen LogP contribution in [0.15, 0.2) is 18.2 Å². The summed E-state index contributed by atoms with van der Waals surface area (Å²) in [7, 11) is 0. The molecule has 3 nitrogen and oxygen atoms in total. The molecule has 98 valence electrons. The Morgan fingerprint density at radius 2 is 2.06 bits per heavy atom. The molecule has 0 atom stereocenters. The van der Waals surface area contributed by atoms with Crippen molar-refractivity contribution in [3.8, 4) is 0 Å². The van der Waals surface area contributed by atoms with Crippen LogP contribution in [0.2, 0.25) is 0 Å². The number of fused-ring (bicyclic) bond motifs is 1. The highest BCUT2D eigenvalue weighted by Gasteiger charge is 2.30. The van der Waals surface area contributed by atoms with Gasteiger partial charge in [0.2, 0.25) is 3.79 Å². The summed E-state index contributed by atoms with van der Waals surface area (Å²) in [5, 5.41) is 0. The molecule has 0 saturated heterocycles. The van der Waals surface area contributed by atoms with Crippen molar-refractivity contribution in [2.45, 2.75) is 30.1 Å². The van der Waals surface area contributed by atoms with Crippen molar-refractivity contribution in [3.05, 3.63) is 24.0 Å². The van der Waals surface area contributed by atoms with Crippen LogP contribution in [-0.2, 0) is 10.3 Å². The Balaban J connectivity index is 2.65. The zero-order chi connectivity index (χ0) is 13.3. The quantitative estimate of drug-likeness (QED) is 0.680. The van der Waals surface area contributed by atoms with Crippen LogP contribution in [0.25, 0.3) is 11.0 Å². The first-order chi connectivity index (χ1) is 8.45. The van der Waals surface area contributed by atoms with Gasteiger partial charge in [-0.1, -0.05) is 54.2 Å². The fourth-order valence-corrected chi connectivity index (χ4v) is 2.36. The first-order valence-electron chi connectivity index (χ1n) is 5.77. The first kappa shape index (κ1) is 13.8. The van der Waals surface area contributed by atoms with E-state index in [1.165, 1.54) is 0 Å². The minimum absolute atomic E-state index is 0.425. The summed E-state index contributed by atoms with van der Waals surface area (Å²) >= 11 is 17.9. The molecule has 1 heterocycles. The molecule has 0 unspecified atom stereocenters. The van der Waals surface area contributed by atoms with Gasteiger partial charge in [-0.3, -0.25) is 0 Å². The molecule has 0 aliphatic heterocycles. The fourth-order valence-electron chi connectivity index (χ4n) is 1.93. The molecule has 2 N–H and O–H groups in total. The number of para-hydroxylation sites is 1. The van der Waals surface area contributed by atoms with Crippen molar-refractivity contribution in [2.75, 3.05) is 5.73 Å². The predicted molar refractivity (Wildman–Crippen MR) is 78.3 cm³/mol. The summed E-state index contributed by atoms with van der Waals surface area (Å²) in [6.45, 7) is 2.88. The number of hydrogen-bond acceptors (Lipinski definition) is 2. The highest BCUT2D eigenvalue weighted by atomic mass is 35.6. The number of nitrogens with zero attached hydrogens (tertiary/aromatic N) is 2. The second-order valence-corrected chi connectivity index (χ2v) is 6.43. The average Bonchev–Trinajstić information content (AvgIpc) is 2.66. The van der Waals surface area contributed by atoms with Crippen molar-refractivity contribution in [3.63, 3.8) is 0 Å². The van der Waals surface area contributed by atoms with Crippen molar-refractivity contribution in [1.29, 1.82) is 0 Å². The van der Waals surface area contributed by atoms with E-state index in [1.807, 2.05) is 16.7 Å². The van der Waals surface area contributed by atoms with Crippen molar-refractivity contribution >= 4 is 51.5 Å². The molecule has 0 spiro atoms. The second kappa shape index (κ2) is 5.16. The maximum atomic E-state index is 5.97. The zero-order valence-corrected chi connectivity index (χ0v) is 12.2. The number of aromatic nitrogens is 2. The third-order valence-electron chi connectivity index (χ3n) is 2.80. The lowest BCUT2D eigenvalue weighted by Gasteiger charge is -2.13. The van der Waals surface area contributed by atoms with Crippen molar-refractivity contribution in [1.82, 2.24) is 9.55 Å². The minimum Gasteiger partial charge on any atom is -0.397 e. The third-order valence-corrected chi connectivity index (χ3v) is 3.31. The Morgan fingerprint density at radius 1 is 1.33 bits per heavy atom. The maximum absolute atomic E-state index is 5.97. The molecule has 0 aliphatic rings. The van der Waals surface area contributed by atoms with Crippen LogP contribution in [0.5, 0.6) is 0 Å². The summed E-state index contributed by atoms with van der Waals surface area (Å²) in [6, 6.07) is 5.61. The molecule has 0 aliphatic carbocycles. The summed E-state index contributed by atoms with van der Waals surface area (Å²) in [5.41, 5.74) is 8.10. The number of aryl methyl sites for hydroxylation is 1. The van der Waals surface area contributed by atoms with Gasteiger partial charge >= 0.3 is 0 Å². The third kappa shape index (κ3) is 2.53. The smallest absolute Gasteiger partial charge is 0.248 e. The van der Waals surface area contributed by atoms with Crippen molar-refractivity contribution < 1.29 is 0 Å². The second-order valence-electron chi connectivity index (χ2n) is 4.15. The van der Waals surface area contributed by atoms with Gasteiger partial charge in [0.1, 0.15) is 5.52 Å². The number of imidazole rings is 1. The van der Waals surface area contributed by atoms with E-state index in [0.29, 0.717) is 17.0 Å². The molecule has 0 saturated carbocycles. The normalized spacial score (nSPS) is 12.2. The van der Waals surface area contributed by atoms with E-state index in [9.17, 15) is 0 Å². The van der Waals surface area contributed by atoms with Crippen LogP contribution in [0.3, 0.4) is 0 Å². The van der Waals surface area contributed by atoms with Crippen LogP contribution in [-0.4, -0.2) is 9.55 Å². The van der Waals surface area contributed by atoms with Crippen LogP contribution < -0.4 is 5.73 Å². The SMILES string of the molecule is CCCCn1c(C(Cl)(Cl)Cl)nc2c(N)cccc21. The van der Waals surface area contributed by atoms with Crippen LogP contribution in [0.1, 0.15) is 25.6 Å². The Bertz CT molecular complexity index is 557. The van der Waals surface area contributed by atoms with Crippen LogP contribution in [0, 0.1) is 0 Å².